The number of carbonyl (C=O) groups is 1. The summed E-state index contributed by atoms with van der Waals surface area (Å²) >= 11 is 0. The Morgan fingerprint density at radius 1 is 1.30 bits per heavy atom. The van der Waals surface area contributed by atoms with Crippen LogP contribution in [0.4, 0.5) is 10.5 Å². The van der Waals surface area contributed by atoms with Crippen molar-refractivity contribution in [2.24, 2.45) is 0 Å². The Labute approximate surface area is 120 Å². The average Bonchev–Trinajstić information content (AvgIpc) is 2.34. The highest BCUT2D eigenvalue weighted by atomic mass is 16.5. The second kappa shape index (κ2) is 7.87. The summed E-state index contributed by atoms with van der Waals surface area (Å²) in [6.07, 6.45) is -0.0872. The summed E-state index contributed by atoms with van der Waals surface area (Å²) in [5.74, 6) is 0. The van der Waals surface area contributed by atoms with Gasteiger partial charge in [0.25, 0.3) is 0 Å². The number of carbonyl (C=O) groups excluding carboxylic acids is 1. The van der Waals surface area contributed by atoms with Crippen LogP contribution in [-0.4, -0.2) is 37.5 Å². The molecule has 0 saturated carbocycles. The summed E-state index contributed by atoms with van der Waals surface area (Å²) < 4.78 is 4.82. The van der Waals surface area contributed by atoms with Gasteiger partial charge < -0.3 is 20.5 Å². The average molecular weight is 280 g/mol. The minimum absolute atomic E-state index is 0.260. The number of urea groups is 1. The zero-order valence-electron chi connectivity index (χ0n) is 12.6. The number of aliphatic hydroxyl groups excluding tert-OH is 1. The third-order valence-electron chi connectivity index (χ3n) is 3.04. The van der Waals surface area contributed by atoms with Crippen molar-refractivity contribution in [1.82, 2.24) is 5.32 Å². The Bertz CT molecular complexity index is 437. The van der Waals surface area contributed by atoms with E-state index in [4.69, 9.17) is 4.74 Å². The Morgan fingerprint density at radius 2 is 1.90 bits per heavy atom. The van der Waals surface area contributed by atoms with Crippen LogP contribution >= 0.6 is 0 Å². The quantitative estimate of drug-likeness (QED) is 0.747. The molecule has 1 unspecified atom stereocenters. The third-order valence-corrected chi connectivity index (χ3v) is 3.04. The first-order chi connectivity index (χ1) is 9.43. The van der Waals surface area contributed by atoms with Crippen LogP contribution < -0.4 is 10.6 Å². The molecule has 0 aliphatic carbocycles. The largest absolute Gasteiger partial charge is 0.391 e. The molecule has 1 rings (SSSR count). The molecule has 3 N–H and O–H groups in total. The SMILES string of the molecule is COCC(O)CCNC(=O)Nc1c(C)cc(C)cc1C. The first-order valence-electron chi connectivity index (χ1n) is 6.73. The molecule has 0 heterocycles. The molecule has 1 aromatic rings. The molecule has 0 aromatic heterocycles. The van der Waals surface area contributed by atoms with E-state index >= 15 is 0 Å². The minimum atomic E-state index is -0.553. The number of hydrogen-bond acceptors (Lipinski definition) is 3. The van der Waals surface area contributed by atoms with Crippen molar-refractivity contribution in [2.45, 2.75) is 33.3 Å². The van der Waals surface area contributed by atoms with Crippen LogP contribution in [0.25, 0.3) is 0 Å². The molecule has 5 nitrogen and oxygen atoms in total. The van der Waals surface area contributed by atoms with Crippen LogP contribution in [0.2, 0.25) is 0 Å². The second-order valence-electron chi connectivity index (χ2n) is 5.05. The Morgan fingerprint density at radius 3 is 2.45 bits per heavy atom. The first kappa shape index (κ1) is 16.5. The van der Waals surface area contributed by atoms with Gasteiger partial charge in [-0.25, -0.2) is 4.79 Å². The summed E-state index contributed by atoms with van der Waals surface area (Å²) in [6, 6.07) is 3.81. The van der Waals surface area contributed by atoms with Gasteiger partial charge in [0.15, 0.2) is 0 Å². The summed E-state index contributed by atoms with van der Waals surface area (Å²) in [5.41, 5.74) is 4.09. The number of rotatable bonds is 6. The lowest BCUT2D eigenvalue weighted by Crippen LogP contribution is -2.32. The Kier molecular flexibility index (Phi) is 6.48. The van der Waals surface area contributed by atoms with Gasteiger partial charge in [0, 0.05) is 19.3 Å². The predicted molar refractivity (Wildman–Crippen MR) is 80.2 cm³/mol. The van der Waals surface area contributed by atoms with Crippen molar-refractivity contribution in [1.29, 1.82) is 0 Å². The van der Waals surface area contributed by atoms with Crippen LogP contribution in [0.1, 0.15) is 23.1 Å². The van der Waals surface area contributed by atoms with E-state index < -0.39 is 6.10 Å². The second-order valence-corrected chi connectivity index (χ2v) is 5.05. The number of benzene rings is 1. The standard InChI is InChI=1S/C15H24N2O3/c1-10-7-11(2)14(12(3)8-10)17-15(19)16-6-5-13(18)9-20-4/h7-8,13,18H,5-6,9H2,1-4H3,(H2,16,17,19). The third kappa shape index (κ3) is 5.19. The Balaban J connectivity index is 2.47. The number of methoxy groups -OCH3 is 1. The lowest BCUT2D eigenvalue weighted by molar-refractivity contribution is 0.0599. The minimum Gasteiger partial charge on any atom is -0.391 e. The number of aryl methyl sites for hydroxylation is 3. The van der Waals surface area contributed by atoms with Gasteiger partial charge >= 0.3 is 6.03 Å². The van der Waals surface area contributed by atoms with Gasteiger partial charge in [0.1, 0.15) is 0 Å². The fourth-order valence-electron chi connectivity index (χ4n) is 2.16. The molecule has 0 saturated heterocycles. The first-order valence-corrected chi connectivity index (χ1v) is 6.73. The zero-order valence-corrected chi connectivity index (χ0v) is 12.6. The fourth-order valence-corrected chi connectivity index (χ4v) is 2.16. The number of ether oxygens (including phenoxy) is 1. The van der Waals surface area contributed by atoms with E-state index in [0.717, 1.165) is 16.8 Å². The van der Waals surface area contributed by atoms with Crippen LogP contribution in [-0.2, 0) is 4.74 Å². The molecule has 112 valence electrons. The fraction of sp³-hybridized carbons (Fsp3) is 0.533. The molecular weight excluding hydrogens is 256 g/mol. The summed E-state index contributed by atoms with van der Waals surface area (Å²) in [4.78, 5) is 11.8. The zero-order chi connectivity index (χ0) is 15.1. The van der Waals surface area contributed by atoms with Crippen molar-refractivity contribution in [3.05, 3.63) is 28.8 Å². The maximum absolute atomic E-state index is 11.8. The lowest BCUT2D eigenvalue weighted by atomic mass is 10.1. The Hall–Kier alpha value is -1.59. The van der Waals surface area contributed by atoms with Gasteiger partial charge in [-0.05, 0) is 38.3 Å². The number of hydrogen-bond donors (Lipinski definition) is 3. The van der Waals surface area contributed by atoms with Gasteiger partial charge in [-0.15, -0.1) is 0 Å². The van der Waals surface area contributed by atoms with Crippen LogP contribution in [0.3, 0.4) is 0 Å². The van der Waals surface area contributed by atoms with Crippen molar-refractivity contribution < 1.29 is 14.6 Å². The van der Waals surface area contributed by atoms with Crippen LogP contribution in [0.15, 0.2) is 12.1 Å². The molecule has 0 spiro atoms. The molecule has 0 bridgehead atoms. The lowest BCUT2D eigenvalue weighted by Gasteiger charge is -2.14. The summed E-state index contributed by atoms with van der Waals surface area (Å²) in [5, 5.41) is 15.0. The van der Waals surface area contributed by atoms with Gasteiger partial charge in [0.2, 0.25) is 0 Å². The van der Waals surface area contributed by atoms with E-state index in [2.05, 4.69) is 10.6 Å². The molecule has 2 amide bonds. The molecule has 5 heteroatoms. The highest BCUT2D eigenvalue weighted by Gasteiger charge is 2.09. The van der Waals surface area contributed by atoms with Gasteiger partial charge in [-0.1, -0.05) is 17.7 Å². The maximum atomic E-state index is 11.8. The van der Waals surface area contributed by atoms with Gasteiger partial charge in [-0.2, -0.15) is 0 Å². The van der Waals surface area contributed by atoms with E-state index in [0.29, 0.717) is 13.0 Å². The topological polar surface area (TPSA) is 70.6 Å². The van der Waals surface area contributed by atoms with E-state index in [1.54, 1.807) is 0 Å². The molecule has 1 atom stereocenters. The maximum Gasteiger partial charge on any atom is 0.319 e. The predicted octanol–water partition coefficient (Wildman–Crippen LogP) is 2.13. The number of anilines is 1. The van der Waals surface area contributed by atoms with Crippen molar-refractivity contribution in [3.8, 4) is 0 Å². The summed E-state index contributed by atoms with van der Waals surface area (Å²) in [6.45, 7) is 6.65. The van der Waals surface area contributed by atoms with Crippen molar-refractivity contribution >= 4 is 11.7 Å². The van der Waals surface area contributed by atoms with E-state index in [1.165, 1.54) is 12.7 Å². The number of nitrogens with one attached hydrogen (secondary N) is 2. The molecule has 0 fully saturated rings. The molecule has 0 aliphatic rings. The monoisotopic (exact) mass is 280 g/mol. The highest BCUT2D eigenvalue weighted by Crippen LogP contribution is 2.21. The van der Waals surface area contributed by atoms with Gasteiger partial charge in [-0.3, -0.25) is 0 Å². The molecule has 0 aliphatic heterocycles. The van der Waals surface area contributed by atoms with Gasteiger partial charge in [0.05, 0.1) is 12.7 Å². The number of aliphatic hydroxyl groups is 1. The summed E-state index contributed by atoms with van der Waals surface area (Å²) in [7, 11) is 1.53. The number of amides is 2. The van der Waals surface area contributed by atoms with Crippen molar-refractivity contribution in [2.75, 3.05) is 25.6 Å². The molecule has 1 aromatic carbocycles. The van der Waals surface area contributed by atoms with Crippen LogP contribution in [0, 0.1) is 20.8 Å². The highest BCUT2D eigenvalue weighted by molar-refractivity contribution is 5.91. The molecule has 0 radical (unpaired) electrons. The van der Waals surface area contributed by atoms with Crippen LogP contribution in [0.5, 0.6) is 0 Å². The molecular formula is C15H24N2O3. The molecule has 20 heavy (non-hydrogen) atoms. The van der Waals surface area contributed by atoms with Crippen molar-refractivity contribution in [3.63, 3.8) is 0 Å². The smallest absolute Gasteiger partial charge is 0.319 e. The van der Waals surface area contributed by atoms with E-state index in [1.807, 2.05) is 32.9 Å². The normalized spacial score (nSPS) is 12.1. The van der Waals surface area contributed by atoms with E-state index in [-0.39, 0.29) is 12.6 Å². The van der Waals surface area contributed by atoms with E-state index in [9.17, 15) is 9.90 Å².